The Morgan fingerprint density at radius 2 is 1.83 bits per heavy atom. The van der Waals surface area contributed by atoms with Crippen molar-refractivity contribution in [3.63, 3.8) is 0 Å². The summed E-state index contributed by atoms with van der Waals surface area (Å²) in [7, 11) is 1.86. The molecule has 1 saturated heterocycles. The predicted molar refractivity (Wildman–Crippen MR) is 125 cm³/mol. The Balaban J connectivity index is 1.35. The molecule has 2 aromatic carbocycles. The van der Waals surface area contributed by atoms with Crippen molar-refractivity contribution in [2.75, 3.05) is 20.2 Å². The molecule has 0 spiro atoms. The maximum Gasteiger partial charge on any atom is 0.107 e. The summed E-state index contributed by atoms with van der Waals surface area (Å²) in [6, 6.07) is 15.8. The number of ether oxygens (including phenoxy) is 1. The van der Waals surface area contributed by atoms with Gasteiger partial charge in [0.05, 0.1) is 28.1 Å². The standard InChI is InChI=1S/C25H30BrN3O/c1-16-8-9-22-21(12-16)27-17(2)29(22)23-10-11-28(15-24(23)30-3)25(26)20-13-18-6-4-5-7-19(18)14-20/h4-9,12,20,23-25H,10-11,13-15H2,1-3H3/t23-,24-,25-/m1/s1. The van der Waals surface area contributed by atoms with Gasteiger partial charge in [-0.3, -0.25) is 4.90 Å². The molecule has 0 saturated carbocycles. The molecular weight excluding hydrogens is 438 g/mol. The molecule has 5 heteroatoms. The monoisotopic (exact) mass is 467 g/mol. The minimum Gasteiger partial charge on any atom is -0.378 e. The van der Waals surface area contributed by atoms with Crippen LogP contribution < -0.4 is 0 Å². The van der Waals surface area contributed by atoms with Crippen LogP contribution in [-0.2, 0) is 17.6 Å². The SMILES string of the molecule is CO[C@@H]1CN([C@@H](Br)C2Cc3ccccc3C2)CC[C@H]1n1c(C)nc2cc(C)ccc21. The molecule has 0 radical (unpaired) electrons. The Morgan fingerprint density at radius 1 is 1.10 bits per heavy atom. The molecule has 1 aliphatic carbocycles. The highest BCUT2D eigenvalue weighted by Crippen LogP contribution is 2.37. The van der Waals surface area contributed by atoms with E-state index in [0.717, 1.165) is 43.7 Å². The third-order valence-corrected chi connectivity index (χ3v) is 8.36. The lowest BCUT2D eigenvalue weighted by molar-refractivity contribution is -0.0132. The van der Waals surface area contributed by atoms with Gasteiger partial charge >= 0.3 is 0 Å². The Kier molecular flexibility index (Phi) is 5.46. The fourth-order valence-electron chi connectivity index (χ4n) is 5.51. The van der Waals surface area contributed by atoms with E-state index >= 15 is 0 Å². The molecule has 5 rings (SSSR count). The molecule has 2 heterocycles. The molecule has 30 heavy (non-hydrogen) atoms. The van der Waals surface area contributed by atoms with Crippen molar-refractivity contribution in [3.05, 3.63) is 65.0 Å². The van der Waals surface area contributed by atoms with Crippen LogP contribution in [0.3, 0.4) is 0 Å². The first kappa shape index (κ1) is 20.2. The van der Waals surface area contributed by atoms with Gasteiger partial charge < -0.3 is 9.30 Å². The molecule has 2 aliphatic rings. The third kappa shape index (κ3) is 3.51. The first-order chi connectivity index (χ1) is 14.5. The number of aryl methyl sites for hydroxylation is 2. The number of methoxy groups -OCH3 is 1. The number of likely N-dealkylation sites (tertiary alicyclic amines) is 1. The summed E-state index contributed by atoms with van der Waals surface area (Å²) >= 11 is 4.06. The quantitative estimate of drug-likeness (QED) is 0.397. The van der Waals surface area contributed by atoms with Crippen LogP contribution >= 0.6 is 15.9 Å². The zero-order valence-corrected chi connectivity index (χ0v) is 19.6. The number of hydrogen-bond donors (Lipinski definition) is 0. The van der Waals surface area contributed by atoms with Gasteiger partial charge in [0.1, 0.15) is 5.82 Å². The summed E-state index contributed by atoms with van der Waals surface area (Å²) in [4.78, 5) is 7.81. The summed E-state index contributed by atoms with van der Waals surface area (Å²) in [5.74, 6) is 1.70. The van der Waals surface area contributed by atoms with Crippen molar-refractivity contribution < 1.29 is 4.74 Å². The van der Waals surface area contributed by atoms with Crippen molar-refractivity contribution in [1.82, 2.24) is 14.5 Å². The lowest BCUT2D eigenvalue weighted by atomic mass is 9.98. The number of imidazole rings is 1. The van der Waals surface area contributed by atoms with Crippen LogP contribution in [0.15, 0.2) is 42.5 Å². The van der Waals surface area contributed by atoms with E-state index in [1.165, 1.54) is 22.2 Å². The average molecular weight is 468 g/mol. The van der Waals surface area contributed by atoms with Gasteiger partial charge in [0.15, 0.2) is 0 Å². The molecule has 158 valence electrons. The molecule has 0 unspecified atom stereocenters. The van der Waals surface area contributed by atoms with Crippen LogP contribution in [0.5, 0.6) is 0 Å². The minimum atomic E-state index is 0.153. The van der Waals surface area contributed by atoms with Gasteiger partial charge in [0.25, 0.3) is 0 Å². The highest BCUT2D eigenvalue weighted by atomic mass is 79.9. The first-order valence-electron chi connectivity index (χ1n) is 11.0. The van der Waals surface area contributed by atoms with Crippen LogP contribution in [0.1, 0.15) is 35.0 Å². The molecule has 4 nitrogen and oxygen atoms in total. The second-order valence-corrected chi connectivity index (χ2v) is 9.89. The number of aromatic nitrogens is 2. The number of rotatable bonds is 4. The Hall–Kier alpha value is -1.69. The number of hydrogen-bond acceptors (Lipinski definition) is 3. The summed E-state index contributed by atoms with van der Waals surface area (Å²) in [5.41, 5.74) is 6.60. The summed E-state index contributed by atoms with van der Waals surface area (Å²) < 4.78 is 8.46. The van der Waals surface area contributed by atoms with Crippen LogP contribution in [0, 0.1) is 19.8 Å². The van der Waals surface area contributed by atoms with Gasteiger partial charge in [-0.2, -0.15) is 0 Å². The fraction of sp³-hybridized carbons (Fsp3) is 0.480. The van der Waals surface area contributed by atoms with Crippen molar-refractivity contribution in [2.24, 2.45) is 5.92 Å². The Bertz CT molecular complexity index is 1040. The van der Waals surface area contributed by atoms with E-state index in [0.29, 0.717) is 16.9 Å². The lowest BCUT2D eigenvalue weighted by Gasteiger charge is -2.42. The van der Waals surface area contributed by atoms with Crippen LogP contribution in [-0.4, -0.2) is 45.7 Å². The Labute approximate surface area is 187 Å². The maximum atomic E-state index is 6.05. The number of benzene rings is 2. The summed E-state index contributed by atoms with van der Waals surface area (Å²) in [6.07, 6.45) is 3.54. The molecule has 0 bridgehead atoms. The van der Waals surface area contributed by atoms with Crippen molar-refractivity contribution in [2.45, 2.75) is 50.2 Å². The zero-order valence-electron chi connectivity index (χ0n) is 18.0. The van der Waals surface area contributed by atoms with Gasteiger partial charge in [-0.05, 0) is 67.9 Å². The fourth-order valence-corrected chi connectivity index (χ4v) is 6.26. The highest BCUT2D eigenvalue weighted by Gasteiger charge is 2.38. The second kappa shape index (κ2) is 8.10. The van der Waals surface area contributed by atoms with E-state index in [9.17, 15) is 0 Å². The molecule has 0 N–H and O–H groups in total. The highest BCUT2D eigenvalue weighted by molar-refractivity contribution is 9.09. The minimum absolute atomic E-state index is 0.153. The molecule has 0 amide bonds. The van der Waals surface area contributed by atoms with Crippen LogP contribution in [0.25, 0.3) is 11.0 Å². The topological polar surface area (TPSA) is 30.3 Å². The molecule has 1 aromatic heterocycles. The number of fused-ring (bicyclic) bond motifs is 2. The number of halogens is 1. The van der Waals surface area contributed by atoms with Gasteiger partial charge in [-0.1, -0.05) is 46.3 Å². The van der Waals surface area contributed by atoms with Crippen molar-refractivity contribution in [3.8, 4) is 0 Å². The molecule has 3 atom stereocenters. The smallest absolute Gasteiger partial charge is 0.107 e. The molecular formula is C25H30BrN3O. The Morgan fingerprint density at radius 3 is 2.53 bits per heavy atom. The van der Waals surface area contributed by atoms with E-state index in [-0.39, 0.29) is 6.10 Å². The van der Waals surface area contributed by atoms with Gasteiger partial charge in [0, 0.05) is 20.2 Å². The molecule has 3 aromatic rings. The maximum absolute atomic E-state index is 6.05. The molecule has 1 aliphatic heterocycles. The number of nitrogens with zero attached hydrogens (tertiary/aromatic N) is 3. The average Bonchev–Trinajstić information content (AvgIpc) is 3.32. The largest absolute Gasteiger partial charge is 0.378 e. The number of piperidine rings is 1. The van der Waals surface area contributed by atoms with E-state index < -0.39 is 0 Å². The van der Waals surface area contributed by atoms with Crippen LogP contribution in [0.2, 0.25) is 0 Å². The zero-order chi connectivity index (χ0) is 20.8. The van der Waals surface area contributed by atoms with Gasteiger partial charge in [-0.15, -0.1) is 0 Å². The van der Waals surface area contributed by atoms with Crippen molar-refractivity contribution in [1.29, 1.82) is 0 Å². The van der Waals surface area contributed by atoms with E-state index in [4.69, 9.17) is 9.72 Å². The predicted octanol–water partition coefficient (Wildman–Crippen LogP) is 5.05. The second-order valence-electron chi connectivity index (χ2n) is 8.96. The van der Waals surface area contributed by atoms with E-state index in [2.05, 4.69) is 81.7 Å². The van der Waals surface area contributed by atoms with Crippen LogP contribution in [0.4, 0.5) is 0 Å². The first-order valence-corrected chi connectivity index (χ1v) is 11.9. The summed E-state index contributed by atoms with van der Waals surface area (Å²) in [5, 5.41) is 0. The van der Waals surface area contributed by atoms with E-state index in [1.54, 1.807) is 0 Å². The third-order valence-electron chi connectivity index (χ3n) is 7.03. The van der Waals surface area contributed by atoms with Gasteiger partial charge in [-0.25, -0.2) is 4.98 Å². The van der Waals surface area contributed by atoms with Crippen molar-refractivity contribution >= 4 is 27.0 Å². The normalized spacial score (nSPS) is 23.7. The lowest BCUT2D eigenvalue weighted by Crippen LogP contribution is -2.50. The molecule has 1 fully saturated rings. The number of alkyl halides is 1. The van der Waals surface area contributed by atoms with Gasteiger partial charge in [0.2, 0.25) is 0 Å². The van der Waals surface area contributed by atoms with E-state index in [1.807, 2.05) is 7.11 Å². The summed E-state index contributed by atoms with van der Waals surface area (Å²) in [6.45, 7) is 6.26.